The third-order valence-electron chi connectivity index (χ3n) is 2.22. The molecule has 1 atom stereocenters. The molecule has 0 saturated carbocycles. The second kappa shape index (κ2) is 5.05. The van der Waals surface area contributed by atoms with E-state index in [0.717, 1.165) is 5.56 Å². The van der Waals surface area contributed by atoms with Gasteiger partial charge in [-0.3, -0.25) is 0 Å². The van der Waals surface area contributed by atoms with Gasteiger partial charge in [0.2, 0.25) is 0 Å². The normalized spacial score (nSPS) is 12.9. The number of aryl methyl sites for hydroxylation is 2. The first-order chi connectivity index (χ1) is 6.63. The smallest absolute Gasteiger partial charge is 0.126 e. The maximum atomic E-state index is 12.9. The average Bonchev–Trinajstić information content (AvgIpc) is 2.19. The maximum Gasteiger partial charge on any atom is 0.126 e. The van der Waals surface area contributed by atoms with Gasteiger partial charge in [0.25, 0.3) is 0 Å². The molecule has 1 aromatic rings. The number of hydrogen-bond acceptors (Lipinski definition) is 1. The molecule has 0 unspecified atom stereocenters. The van der Waals surface area contributed by atoms with Crippen molar-refractivity contribution in [3.63, 3.8) is 0 Å². The second-order valence-corrected chi connectivity index (χ2v) is 3.46. The summed E-state index contributed by atoms with van der Waals surface area (Å²) in [5, 5.41) is 0. The van der Waals surface area contributed by atoms with Gasteiger partial charge in [-0.1, -0.05) is 12.1 Å². The summed E-state index contributed by atoms with van der Waals surface area (Å²) in [6, 6.07) is 4.85. The van der Waals surface area contributed by atoms with Crippen LogP contribution in [0.25, 0.3) is 0 Å². The Morgan fingerprint density at radius 1 is 1.43 bits per heavy atom. The summed E-state index contributed by atoms with van der Waals surface area (Å²) in [4.78, 5) is 0. The predicted octanol–water partition coefficient (Wildman–Crippen LogP) is 2.36. The summed E-state index contributed by atoms with van der Waals surface area (Å²) in [5.41, 5.74) is 6.72. The second-order valence-electron chi connectivity index (χ2n) is 3.46. The summed E-state index contributed by atoms with van der Waals surface area (Å²) < 4.78 is 25.7. The van der Waals surface area contributed by atoms with E-state index in [4.69, 9.17) is 5.73 Å². The van der Waals surface area contributed by atoms with E-state index < -0.39 is 6.17 Å². The highest BCUT2D eigenvalue weighted by Gasteiger charge is 2.04. The molecule has 1 rings (SSSR count). The van der Waals surface area contributed by atoms with Gasteiger partial charge in [-0.25, -0.2) is 8.78 Å². The fraction of sp³-hybridized carbons (Fsp3) is 0.455. The molecule has 0 aliphatic carbocycles. The van der Waals surface area contributed by atoms with Crippen LogP contribution in [0.4, 0.5) is 8.78 Å². The first-order valence-corrected chi connectivity index (χ1v) is 4.72. The highest BCUT2D eigenvalue weighted by atomic mass is 19.1. The standard InChI is InChI=1S/C11H15F2N/c1-8-6-9(3-5-11(8)13)2-4-10(12)7-14/h3,5-6,10H,2,4,7,14H2,1H3/t10-/m0/s1. The van der Waals surface area contributed by atoms with Gasteiger partial charge in [0, 0.05) is 6.54 Å². The van der Waals surface area contributed by atoms with E-state index in [1.807, 2.05) is 0 Å². The number of benzene rings is 1. The molecule has 2 N–H and O–H groups in total. The summed E-state index contributed by atoms with van der Waals surface area (Å²) in [6.45, 7) is 1.76. The number of hydrogen-bond donors (Lipinski definition) is 1. The Labute approximate surface area is 82.9 Å². The zero-order valence-electron chi connectivity index (χ0n) is 8.26. The van der Waals surface area contributed by atoms with E-state index in [0.29, 0.717) is 18.4 Å². The lowest BCUT2D eigenvalue weighted by Crippen LogP contribution is -2.15. The van der Waals surface area contributed by atoms with Crippen LogP contribution in [0.5, 0.6) is 0 Å². The summed E-state index contributed by atoms with van der Waals surface area (Å²) in [5.74, 6) is -0.218. The van der Waals surface area contributed by atoms with E-state index in [1.165, 1.54) is 6.07 Å². The van der Waals surface area contributed by atoms with Gasteiger partial charge in [-0.2, -0.15) is 0 Å². The minimum atomic E-state index is -0.958. The topological polar surface area (TPSA) is 26.0 Å². The Bertz CT molecular complexity index is 299. The lowest BCUT2D eigenvalue weighted by Gasteiger charge is -2.06. The van der Waals surface area contributed by atoms with Crippen molar-refractivity contribution < 1.29 is 8.78 Å². The van der Waals surface area contributed by atoms with E-state index in [9.17, 15) is 8.78 Å². The van der Waals surface area contributed by atoms with Crippen LogP contribution >= 0.6 is 0 Å². The van der Waals surface area contributed by atoms with Crippen molar-refractivity contribution in [3.8, 4) is 0 Å². The van der Waals surface area contributed by atoms with Gasteiger partial charge in [0.15, 0.2) is 0 Å². The first kappa shape index (κ1) is 11.1. The molecule has 0 fully saturated rings. The van der Waals surface area contributed by atoms with Crippen LogP contribution in [0.15, 0.2) is 18.2 Å². The predicted molar refractivity (Wildman–Crippen MR) is 53.4 cm³/mol. The van der Waals surface area contributed by atoms with Crippen molar-refractivity contribution in [1.82, 2.24) is 0 Å². The minimum absolute atomic E-state index is 0.0557. The molecule has 0 amide bonds. The third-order valence-corrected chi connectivity index (χ3v) is 2.22. The fourth-order valence-corrected chi connectivity index (χ4v) is 1.30. The van der Waals surface area contributed by atoms with Crippen LogP contribution in [0.2, 0.25) is 0 Å². The van der Waals surface area contributed by atoms with Gasteiger partial charge >= 0.3 is 0 Å². The van der Waals surface area contributed by atoms with Gasteiger partial charge in [-0.15, -0.1) is 0 Å². The summed E-state index contributed by atoms with van der Waals surface area (Å²) >= 11 is 0. The largest absolute Gasteiger partial charge is 0.328 e. The van der Waals surface area contributed by atoms with E-state index in [-0.39, 0.29) is 12.4 Å². The Kier molecular flexibility index (Phi) is 4.01. The summed E-state index contributed by atoms with van der Waals surface area (Å²) in [7, 11) is 0. The molecule has 14 heavy (non-hydrogen) atoms. The minimum Gasteiger partial charge on any atom is -0.328 e. The molecule has 0 aliphatic rings. The van der Waals surface area contributed by atoms with Crippen LogP contribution in [-0.2, 0) is 6.42 Å². The summed E-state index contributed by atoms with van der Waals surface area (Å²) in [6.07, 6.45) is 0.0569. The van der Waals surface area contributed by atoms with Crippen molar-refractivity contribution >= 4 is 0 Å². The number of halogens is 2. The van der Waals surface area contributed by atoms with Crippen molar-refractivity contribution in [3.05, 3.63) is 35.1 Å². The zero-order valence-corrected chi connectivity index (χ0v) is 8.26. The van der Waals surface area contributed by atoms with Gasteiger partial charge in [0.1, 0.15) is 12.0 Å². The monoisotopic (exact) mass is 199 g/mol. The van der Waals surface area contributed by atoms with Gasteiger partial charge < -0.3 is 5.73 Å². The lowest BCUT2D eigenvalue weighted by atomic mass is 10.0. The molecule has 3 heteroatoms. The van der Waals surface area contributed by atoms with Crippen molar-refractivity contribution in [2.45, 2.75) is 25.9 Å². The van der Waals surface area contributed by atoms with Crippen molar-refractivity contribution in [1.29, 1.82) is 0 Å². The van der Waals surface area contributed by atoms with Gasteiger partial charge in [-0.05, 0) is 37.0 Å². The fourth-order valence-electron chi connectivity index (χ4n) is 1.30. The first-order valence-electron chi connectivity index (χ1n) is 4.72. The zero-order chi connectivity index (χ0) is 10.6. The Hall–Kier alpha value is -0.960. The van der Waals surface area contributed by atoms with E-state index in [2.05, 4.69) is 0 Å². The molecule has 0 saturated heterocycles. The molecule has 0 radical (unpaired) electrons. The Morgan fingerprint density at radius 3 is 2.71 bits per heavy atom. The maximum absolute atomic E-state index is 12.9. The molecule has 0 aliphatic heterocycles. The number of nitrogens with two attached hydrogens (primary N) is 1. The lowest BCUT2D eigenvalue weighted by molar-refractivity contribution is 0.323. The molecule has 0 heterocycles. The highest BCUT2D eigenvalue weighted by Crippen LogP contribution is 2.12. The molecular formula is C11H15F2N. The van der Waals surface area contributed by atoms with Gasteiger partial charge in [0.05, 0.1) is 0 Å². The van der Waals surface area contributed by atoms with Crippen LogP contribution in [0.3, 0.4) is 0 Å². The van der Waals surface area contributed by atoms with Crippen LogP contribution in [-0.4, -0.2) is 12.7 Å². The molecule has 1 aromatic carbocycles. The Morgan fingerprint density at radius 2 is 2.14 bits per heavy atom. The molecule has 0 aromatic heterocycles. The van der Waals surface area contributed by atoms with Crippen molar-refractivity contribution in [2.75, 3.05) is 6.54 Å². The molecule has 78 valence electrons. The van der Waals surface area contributed by atoms with E-state index >= 15 is 0 Å². The highest BCUT2D eigenvalue weighted by molar-refractivity contribution is 5.23. The quantitative estimate of drug-likeness (QED) is 0.791. The average molecular weight is 199 g/mol. The number of rotatable bonds is 4. The van der Waals surface area contributed by atoms with Crippen LogP contribution < -0.4 is 5.73 Å². The molecule has 0 bridgehead atoms. The van der Waals surface area contributed by atoms with E-state index in [1.54, 1.807) is 19.1 Å². The third kappa shape index (κ3) is 3.07. The van der Waals surface area contributed by atoms with Crippen molar-refractivity contribution in [2.24, 2.45) is 5.73 Å². The van der Waals surface area contributed by atoms with Crippen LogP contribution in [0, 0.1) is 12.7 Å². The molecule has 1 nitrogen and oxygen atoms in total. The molecular weight excluding hydrogens is 184 g/mol. The SMILES string of the molecule is Cc1cc(CC[C@H](F)CN)ccc1F. The Balaban J connectivity index is 2.55. The number of alkyl halides is 1. The molecule has 0 spiro atoms. The van der Waals surface area contributed by atoms with Crippen LogP contribution in [0.1, 0.15) is 17.5 Å².